The van der Waals surface area contributed by atoms with Crippen LogP contribution in [0.25, 0.3) is 0 Å². The molecule has 4 N–H and O–H groups in total. The van der Waals surface area contributed by atoms with Crippen LogP contribution in [0.2, 0.25) is 0 Å². The molecule has 248 valence electrons. The van der Waals surface area contributed by atoms with Crippen LogP contribution in [0.4, 0.5) is 0 Å². The highest BCUT2D eigenvalue weighted by molar-refractivity contribution is 7.11. The number of fused-ring (bicyclic) bond motifs is 10. The molecule has 4 amide bonds. The van der Waals surface area contributed by atoms with Gasteiger partial charge in [0, 0.05) is 61.9 Å². The van der Waals surface area contributed by atoms with E-state index in [0.717, 1.165) is 28.4 Å². The first kappa shape index (κ1) is 34.5. The maximum absolute atomic E-state index is 13.8. The van der Waals surface area contributed by atoms with Gasteiger partial charge >= 0.3 is 0 Å². The van der Waals surface area contributed by atoms with E-state index < -0.39 is 12.1 Å². The third-order valence-corrected chi connectivity index (χ3v) is 9.32. The summed E-state index contributed by atoms with van der Waals surface area (Å²) in [6.07, 6.45) is 5.89. The maximum atomic E-state index is 13.8. The second-order valence-electron chi connectivity index (χ2n) is 13.4. The zero-order valence-electron chi connectivity index (χ0n) is 26.9. The molecule has 13 nitrogen and oxygen atoms in total. The molecule has 1 fully saturated rings. The third-order valence-electron chi connectivity index (χ3n) is 8.14. The SMILES string of the molecule is Cc1sc2nc1CC(=O)N[C@@H](CCCCNC(=O)CC(C)(C)C)CC(=O)N[C@H](Cc1cn(CCO)nn1)C(=O)N1CCC2CC1. The Bertz CT molecular complexity index is 1330. The van der Waals surface area contributed by atoms with E-state index in [1.165, 1.54) is 4.68 Å². The van der Waals surface area contributed by atoms with Crippen LogP contribution in [0.3, 0.4) is 0 Å². The number of nitrogens with one attached hydrogen (secondary N) is 3. The molecule has 0 aliphatic carbocycles. The van der Waals surface area contributed by atoms with Crippen LogP contribution >= 0.6 is 11.3 Å². The number of nitrogens with zero attached hydrogens (tertiary/aromatic N) is 5. The maximum Gasteiger partial charge on any atom is 0.245 e. The summed E-state index contributed by atoms with van der Waals surface area (Å²) < 4.78 is 1.50. The fourth-order valence-corrected chi connectivity index (χ4v) is 6.94. The van der Waals surface area contributed by atoms with E-state index in [-0.39, 0.29) is 67.4 Å². The number of aliphatic hydroxyl groups excluding tert-OH is 1. The highest BCUT2D eigenvalue weighted by Gasteiger charge is 2.33. The van der Waals surface area contributed by atoms with Gasteiger partial charge in [-0.25, -0.2) is 9.67 Å². The summed E-state index contributed by atoms with van der Waals surface area (Å²) in [5, 5.41) is 27.3. The summed E-state index contributed by atoms with van der Waals surface area (Å²) in [6, 6.07) is -1.30. The molecule has 0 unspecified atom stereocenters. The van der Waals surface area contributed by atoms with Crippen LogP contribution < -0.4 is 16.0 Å². The molecule has 45 heavy (non-hydrogen) atoms. The molecule has 0 radical (unpaired) electrons. The number of aryl methyl sites for hydroxylation is 1. The molecular formula is C31H48N8O5S. The van der Waals surface area contributed by atoms with E-state index in [9.17, 15) is 24.3 Å². The monoisotopic (exact) mass is 644 g/mol. The van der Waals surface area contributed by atoms with Gasteiger partial charge in [-0.1, -0.05) is 26.0 Å². The molecule has 1 saturated heterocycles. The Morgan fingerprint density at radius 1 is 1.13 bits per heavy atom. The van der Waals surface area contributed by atoms with Crippen molar-refractivity contribution in [3.63, 3.8) is 0 Å². The topological polar surface area (TPSA) is 171 Å². The van der Waals surface area contributed by atoms with Crippen LogP contribution in [0, 0.1) is 12.3 Å². The zero-order chi connectivity index (χ0) is 32.6. The lowest BCUT2D eigenvalue weighted by molar-refractivity contribution is -0.137. The molecule has 3 aliphatic heterocycles. The molecule has 0 aromatic carbocycles. The number of aromatic nitrogens is 4. The molecule has 0 spiro atoms. The zero-order valence-corrected chi connectivity index (χ0v) is 27.7. The van der Waals surface area contributed by atoms with Crippen LogP contribution in [0.1, 0.15) is 92.9 Å². The normalized spacial score (nSPS) is 21.5. The first-order valence-electron chi connectivity index (χ1n) is 16.0. The predicted octanol–water partition coefficient (Wildman–Crippen LogP) is 1.62. The second-order valence-corrected chi connectivity index (χ2v) is 14.6. The van der Waals surface area contributed by atoms with Crippen molar-refractivity contribution in [3.05, 3.63) is 27.5 Å². The lowest BCUT2D eigenvalue weighted by Crippen LogP contribution is -2.52. The number of piperidine rings is 1. The number of hydrogen-bond donors (Lipinski definition) is 4. The third kappa shape index (κ3) is 10.6. The average molecular weight is 645 g/mol. The predicted molar refractivity (Wildman–Crippen MR) is 169 cm³/mol. The van der Waals surface area contributed by atoms with Crippen molar-refractivity contribution in [2.75, 3.05) is 26.2 Å². The number of hydrogen-bond acceptors (Lipinski definition) is 9. The summed E-state index contributed by atoms with van der Waals surface area (Å²) in [6.45, 7) is 9.86. The van der Waals surface area contributed by atoms with Crippen LogP contribution in [-0.2, 0) is 38.6 Å². The van der Waals surface area contributed by atoms with Crippen molar-refractivity contribution in [3.8, 4) is 0 Å². The Morgan fingerprint density at radius 2 is 1.89 bits per heavy atom. The lowest BCUT2D eigenvalue weighted by Gasteiger charge is -2.34. The first-order chi connectivity index (χ1) is 21.4. The Labute approximate surface area is 268 Å². The Hall–Kier alpha value is -3.39. The molecular weight excluding hydrogens is 596 g/mol. The molecule has 2 aromatic rings. The van der Waals surface area contributed by atoms with Crippen molar-refractivity contribution in [1.29, 1.82) is 0 Å². The minimum Gasteiger partial charge on any atom is -0.394 e. The van der Waals surface area contributed by atoms with Gasteiger partial charge in [0.2, 0.25) is 23.6 Å². The van der Waals surface area contributed by atoms with Crippen molar-refractivity contribution < 1.29 is 24.3 Å². The van der Waals surface area contributed by atoms with Crippen molar-refractivity contribution in [1.82, 2.24) is 40.8 Å². The first-order valence-corrected chi connectivity index (χ1v) is 16.8. The summed E-state index contributed by atoms with van der Waals surface area (Å²) in [5.41, 5.74) is 1.21. The summed E-state index contributed by atoms with van der Waals surface area (Å²) in [4.78, 5) is 60.3. The number of carbonyl (C=O) groups is 4. The highest BCUT2D eigenvalue weighted by atomic mass is 32.1. The molecule has 2 aromatic heterocycles. The van der Waals surface area contributed by atoms with Gasteiger partial charge in [0.1, 0.15) is 6.04 Å². The molecule has 3 aliphatic rings. The Balaban J connectivity index is 1.48. The highest BCUT2D eigenvalue weighted by Crippen LogP contribution is 2.33. The van der Waals surface area contributed by atoms with E-state index in [1.807, 2.05) is 27.7 Å². The van der Waals surface area contributed by atoms with Crippen LogP contribution in [0.5, 0.6) is 0 Å². The number of unbranched alkanes of at least 4 members (excludes halogenated alkanes) is 1. The van der Waals surface area contributed by atoms with Crippen LogP contribution in [0.15, 0.2) is 6.20 Å². The average Bonchev–Trinajstić information content (AvgIpc) is 3.56. The van der Waals surface area contributed by atoms with E-state index in [2.05, 4.69) is 26.3 Å². The number of rotatable bonds is 10. The summed E-state index contributed by atoms with van der Waals surface area (Å²) in [5.74, 6) is -0.483. The molecule has 14 heteroatoms. The molecule has 5 heterocycles. The van der Waals surface area contributed by atoms with Gasteiger partial charge in [-0.05, 0) is 44.4 Å². The van der Waals surface area contributed by atoms with Gasteiger partial charge < -0.3 is 26.0 Å². The largest absolute Gasteiger partial charge is 0.394 e. The van der Waals surface area contributed by atoms with Crippen LogP contribution in [-0.4, -0.2) is 91.9 Å². The van der Waals surface area contributed by atoms with E-state index in [4.69, 9.17) is 4.98 Å². The fraction of sp³-hybridized carbons (Fsp3) is 0.710. The fourth-order valence-electron chi connectivity index (χ4n) is 5.83. The van der Waals surface area contributed by atoms with E-state index in [0.29, 0.717) is 51.0 Å². The summed E-state index contributed by atoms with van der Waals surface area (Å²) in [7, 11) is 0. The minimum atomic E-state index is -0.843. The number of thiazole rings is 1. The second kappa shape index (κ2) is 15.7. The molecule has 5 rings (SSSR count). The van der Waals surface area contributed by atoms with Gasteiger partial charge in [0.25, 0.3) is 0 Å². The van der Waals surface area contributed by atoms with Crippen molar-refractivity contribution in [2.45, 2.75) is 110 Å². The van der Waals surface area contributed by atoms with Crippen molar-refractivity contribution in [2.24, 2.45) is 5.41 Å². The Morgan fingerprint density at radius 3 is 2.60 bits per heavy atom. The van der Waals surface area contributed by atoms with Gasteiger partial charge in [0.05, 0.1) is 36.0 Å². The van der Waals surface area contributed by atoms with E-state index in [1.54, 1.807) is 22.4 Å². The lowest BCUT2D eigenvalue weighted by atomic mass is 9.92. The number of carbonyl (C=O) groups excluding carboxylic acids is 4. The standard InChI is InChI=1S/C31H48N8O5S/c1-20-24-17-27(42)33-22(7-5-6-10-32-28(43)18-31(2,3)4)16-26(41)34-25(15-23-19-39(13-14-40)37-36-23)30(44)38-11-8-21(9-12-38)29(35-24)45-20/h19,21-22,25,40H,5-18H2,1-4H3,(H,32,43)(H,33,42)(H,34,41)/t22-,25+/m0/s1. The van der Waals surface area contributed by atoms with Crippen molar-refractivity contribution >= 4 is 35.0 Å². The molecule has 2 atom stereocenters. The quantitative estimate of drug-likeness (QED) is 0.283. The summed E-state index contributed by atoms with van der Waals surface area (Å²) >= 11 is 1.62. The van der Waals surface area contributed by atoms with Gasteiger partial charge in [0.15, 0.2) is 0 Å². The Kier molecular flexibility index (Phi) is 12.1. The minimum absolute atomic E-state index is 0.00643. The van der Waals surface area contributed by atoms with Gasteiger partial charge in [-0.15, -0.1) is 16.4 Å². The molecule has 4 bridgehead atoms. The number of amides is 4. The van der Waals surface area contributed by atoms with Gasteiger partial charge in [-0.2, -0.15) is 0 Å². The molecule has 0 saturated carbocycles. The number of aliphatic hydroxyl groups is 1. The smallest absolute Gasteiger partial charge is 0.245 e. The van der Waals surface area contributed by atoms with E-state index >= 15 is 0 Å². The van der Waals surface area contributed by atoms with Gasteiger partial charge in [-0.3, -0.25) is 19.2 Å².